The van der Waals surface area contributed by atoms with Gasteiger partial charge in [-0.05, 0) is 79.1 Å². The van der Waals surface area contributed by atoms with Crippen LogP contribution in [0.25, 0.3) is 0 Å². The Kier molecular flexibility index (Phi) is 9.02. The number of carbonyl (C=O) groups is 1. The number of methoxy groups -OCH3 is 1. The van der Waals surface area contributed by atoms with Crippen LogP contribution in [0.15, 0.2) is 64.9 Å². The van der Waals surface area contributed by atoms with Crippen molar-refractivity contribution in [3.05, 3.63) is 81.5 Å². The number of fused-ring (bicyclic) bond motifs is 1. The van der Waals surface area contributed by atoms with Gasteiger partial charge < -0.3 is 14.4 Å². The van der Waals surface area contributed by atoms with Gasteiger partial charge >= 0.3 is 0 Å². The Hall–Kier alpha value is -2.72. The smallest absolute Gasteiger partial charge is 0.243 e. The van der Waals surface area contributed by atoms with Crippen LogP contribution in [0.2, 0.25) is 0 Å². The summed E-state index contributed by atoms with van der Waals surface area (Å²) in [5.41, 5.74) is 3.29. The Morgan fingerprint density at radius 1 is 1.11 bits per heavy atom. The van der Waals surface area contributed by atoms with Crippen LogP contribution in [0, 0.1) is 6.92 Å². The fraction of sp³-hybridized carbons (Fsp3) is 0.393. The number of hydrogen-bond donors (Lipinski definition) is 0. The van der Waals surface area contributed by atoms with E-state index >= 15 is 0 Å². The highest BCUT2D eigenvalue weighted by atomic mass is 32.2. The summed E-state index contributed by atoms with van der Waals surface area (Å²) < 4.78 is 39.2. The average Bonchev–Trinajstić information content (AvgIpc) is 3.39. The van der Waals surface area contributed by atoms with Crippen LogP contribution < -0.4 is 4.74 Å². The van der Waals surface area contributed by atoms with Crippen molar-refractivity contribution >= 4 is 27.3 Å². The van der Waals surface area contributed by atoms with Crippen LogP contribution in [0.3, 0.4) is 0 Å². The van der Waals surface area contributed by atoms with E-state index in [0.717, 1.165) is 23.1 Å². The Morgan fingerprint density at radius 3 is 2.57 bits per heavy atom. The summed E-state index contributed by atoms with van der Waals surface area (Å²) in [5.74, 6) is 0.359. The summed E-state index contributed by atoms with van der Waals surface area (Å²) in [6.45, 7) is 5.42. The van der Waals surface area contributed by atoms with Gasteiger partial charge in [-0.1, -0.05) is 24.3 Å². The number of nitrogens with zero attached hydrogens (tertiary/aromatic N) is 2. The molecule has 0 radical (unpaired) electrons. The summed E-state index contributed by atoms with van der Waals surface area (Å²) >= 11 is 1.71. The number of amides is 1. The molecule has 2 heterocycles. The molecular formula is C28H34N2O5S2. The first-order chi connectivity index (χ1) is 17.9. The van der Waals surface area contributed by atoms with E-state index in [-0.39, 0.29) is 29.9 Å². The number of aryl methyl sites for hydroxylation is 1. The number of rotatable bonds is 11. The minimum Gasteiger partial charge on any atom is -0.497 e. The van der Waals surface area contributed by atoms with E-state index in [1.54, 1.807) is 23.5 Å². The molecule has 1 aliphatic rings. The number of benzene rings is 2. The highest BCUT2D eigenvalue weighted by molar-refractivity contribution is 7.89. The molecule has 0 spiro atoms. The van der Waals surface area contributed by atoms with Crippen molar-refractivity contribution in [1.82, 2.24) is 9.21 Å². The molecular weight excluding hydrogens is 508 g/mol. The summed E-state index contributed by atoms with van der Waals surface area (Å²) in [5, 5.41) is 2.07. The number of hydrogen-bond acceptors (Lipinski definition) is 6. The average molecular weight is 543 g/mol. The number of carbonyl (C=O) groups excluding carboxylic acids is 1. The van der Waals surface area contributed by atoms with E-state index < -0.39 is 10.0 Å². The van der Waals surface area contributed by atoms with Gasteiger partial charge in [0.1, 0.15) is 5.75 Å². The second-order valence-electron chi connectivity index (χ2n) is 8.96. The maximum Gasteiger partial charge on any atom is 0.243 e. The molecule has 1 aliphatic heterocycles. The van der Waals surface area contributed by atoms with Crippen molar-refractivity contribution in [3.63, 3.8) is 0 Å². The number of thiophene rings is 1. The second-order valence-corrected chi connectivity index (χ2v) is 11.9. The Bertz CT molecular complexity index is 1300. The standard InChI is InChI=1S/C28H34N2O5S2/c1-4-35-18-7-16-29(37(32,33)23-12-10-22(34-3)11-13-23)20-27(31)30-17-14-26-25(15-19-36-26)28(30)24-9-6-5-8-21(24)2/h5-6,8-13,15,19,28H,4,7,14,16-18,20H2,1-3H3. The zero-order chi connectivity index (χ0) is 26.4. The van der Waals surface area contributed by atoms with Gasteiger partial charge in [0, 0.05) is 31.2 Å². The van der Waals surface area contributed by atoms with Crippen LogP contribution in [0.4, 0.5) is 0 Å². The SMILES string of the molecule is CCOCCCN(CC(=O)N1CCc2sccc2C1c1ccccc1C)S(=O)(=O)c1ccc(OC)cc1. The van der Waals surface area contributed by atoms with E-state index in [9.17, 15) is 13.2 Å². The molecule has 1 unspecified atom stereocenters. The predicted molar refractivity (Wildman–Crippen MR) is 146 cm³/mol. The maximum atomic E-state index is 13.9. The third-order valence-corrected chi connectivity index (χ3v) is 9.53. The van der Waals surface area contributed by atoms with Crippen LogP contribution in [0.1, 0.15) is 41.0 Å². The van der Waals surface area contributed by atoms with Gasteiger partial charge in [0.05, 0.1) is 24.6 Å². The van der Waals surface area contributed by atoms with E-state index in [2.05, 4.69) is 17.5 Å². The molecule has 2 aromatic carbocycles. The molecule has 4 rings (SSSR count). The summed E-state index contributed by atoms with van der Waals surface area (Å²) in [6, 6.07) is 16.2. The lowest BCUT2D eigenvalue weighted by Crippen LogP contribution is -2.47. The molecule has 0 bridgehead atoms. The van der Waals surface area contributed by atoms with Gasteiger partial charge in [-0.15, -0.1) is 11.3 Å². The van der Waals surface area contributed by atoms with Crippen LogP contribution in [0.5, 0.6) is 5.75 Å². The van der Waals surface area contributed by atoms with Gasteiger partial charge in [0.2, 0.25) is 15.9 Å². The summed E-state index contributed by atoms with van der Waals surface area (Å²) in [6.07, 6.45) is 1.25. The second kappa shape index (κ2) is 12.2. The van der Waals surface area contributed by atoms with Crippen molar-refractivity contribution in [2.75, 3.05) is 40.0 Å². The Morgan fingerprint density at radius 2 is 1.86 bits per heavy atom. The van der Waals surface area contributed by atoms with E-state index in [4.69, 9.17) is 9.47 Å². The molecule has 0 saturated carbocycles. The van der Waals surface area contributed by atoms with E-state index in [1.807, 2.05) is 36.9 Å². The third kappa shape index (κ3) is 6.06. The van der Waals surface area contributed by atoms with Gasteiger partial charge in [-0.3, -0.25) is 4.79 Å². The fourth-order valence-electron chi connectivity index (χ4n) is 4.72. The monoisotopic (exact) mass is 542 g/mol. The number of ether oxygens (including phenoxy) is 2. The molecule has 1 aromatic heterocycles. The first kappa shape index (κ1) is 27.3. The molecule has 3 aromatic rings. The minimum atomic E-state index is -3.91. The largest absolute Gasteiger partial charge is 0.497 e. The van der Waals surface area contributed by atoms with Gasteiger partial charge in [-0.25, -0.2) is 8.42 Å². The van der Waals surface area contributed by atoms with Crippen LogP contribution >= 0.6 is 11.3 Å². The highest BCUT2D eigenvalue weighted by Crippen LogP contribution is 2.39. The molecule has 37 heavy (non-hydrogen) atoms. The van der Waals surface area contributed by atoms with Crippen molar-refractivity contribution in [2.45, 2.75) is 37.6 Å². The molecule has 0 N–H and O–H groups in total. The van der Waals surface area contributed by atoms with Gasteiger partial charge in [0.15, 0.2) is 0 Å². The predicted octanol–water partition coefficient (Wildman–Crippen LogP) is 4.66. The van der Waals surface area contributed by atoms with Crippen molar-refractivity contribution in [1.29, 1.82) is 0 Å². The first-order valence-corrected chi connectivity index (χ1v) is 14.8. The molecule has 1 amide bonds. The zero-order valence-electron chi connectivity index (χ0n) is 21.6. The molecule has 0 fully saturated rings. The highest BCUT2D eigenvalue weighted by Gasteiger charge is 2.36. The molecule has 0 saturated heterocycles. The summed E-state index contributed by atoms with van der Waals surface area (Å²) in [7, 11) is -2.38. The molecule has 9 heteroatoms. The van der Waals surface area contributed by atoms with Crippen molar-refractivity contribution in [2.24, 2.45) is 0 Å². The lowest BCUT2D eigenvalue weighted by Gasteiger charge is -2.38. The fourth-order valence-corrected chi connectivity index (χ4v) is 7.06. The zero-order valence-corrected chi connectivity index (χ0v) is 23.2. The molecule has 1 atom stereocenters. The van der Waals surface area contributed by atoms with Crippen molar-refractivity contribution in [3.8, 4) is 5.75 Å². The lowest BCUT2D eigenvalue weighted by atomic mass is 9.90. The molecule has 7 nitrogen and oxygen atoms in total. The molecule has 0 aliphatic carbocycles. The Labute approximate surface area is 223 Å². The third-order valence-electron chi connectivity index (χ3n) is 6.68. The van der Waals surface area contributed by atoms with Gasteiger partial charge in [0.25, 0.3) is 0 Å². The summed E-state index contributed by atoms with van der Waals surface area (Å²) in [4.78, 5) is 17.1. The van der Waals surface area contributed by atoms with Crippen LogP contribution in [-0.2, 0) is 26.0 Å². The quantitative estimate of drug-likeness (QED) is 0.330. The molecule has 198 valence electrons. The minimum absolute atomic E-state index is 0.131. The van der Waals surface area contributed by atoms with E-state index in [1.165, 1.54) is 28.4 Å². The van der Waals surface area contributed by atoms with Crippen molar-refractivity contribution < 1.29 is 22.7 Å². The first-order valence-electron chi connectivity index (χ1n) is 12.5. The van der Waals surface area contributed by atoms with Gasteiger partial charge in [-0.2, -0.15) is 4.31 Å². The van der Waals surface area contributed by atoms with Crippen LogP contribution in [-0.4, -0.2) is 63.5 Å². The lowest BCUT2D eigenvalue weighted by molar-refractivity contribution is -0.133. The normalized spacial score (nSPS) is 15.6. The Balaban J connectivity index is 1.64. The number of sulfonamides is 1. The topological polar surface area (TPSA) is 76.2 Å². The van der Waals surface area contributed by atoms with E-state index in [0.29, 0.717) is 31.9 Å². The maximum absolute atomic E-state index is 13.9.